The molecular weight excluding hydrogens is 280 g/mol. The summed E-state index contributed by atoms with van der Waals surface area (Å²) in [7, 11) is 0. The van der Waals surface area contributed by atoms with Crippen molar-refractivity contribution in [3.8, 4) is 0 Å². The van der Waals surface area contributed by atoms with Crippen LogP contribution in [0, 0.1) is 11.8 Å². The summed E-state index contributed by atoms with van der Waals surface area (Å²) < 4.78 is 0. The van der Waals surface area contributed by atoms with Crippen LogP contribution in [-0.4, -0.2) is 17.1 Å². The normalized spacial score (nSPS) is 39.0. The van der Waals surface area contributed by atoms with Gasteiger partial charge in [-0.25, -0.2) is 5.01 Å². The minimum Gasteiger partial charge on any atom is -0.268 e. The van der Waals surface area contributed by atoms with Crippen molar-refractivity contribution in [1.29, 1.82) is 0 Å². The van der Waals surface area contributed by atoms with Crippen molar-refractivity contribution in [3.05, 3.63) is 0 Å². The van der Waals surface area contributed by atoms with Gasteiger partial charge in [-0.15, -0.1) is 0 Å². The van der Waals surface area contributed by atoms with E-state index in [4.69, 9.17) is 5.84 Å². The fraction of sp³-hybridized carbons (Fsp3) is 1.00. The Labute approximate surface area is 144 Å². The monoisotopic (exact) mass is 320 g/mol. The number of nitrogens with two attached hydrogens (primary N) is 1. The quantitative estimate of drug-likeness (QED) is 0.571. The smallest absolute Gasteiger partial charge is 0.0275 e. The Hall–Kier alpha value is -0.0800. The molecule has 2 N–H and O–H groups in total. The van der Waals surface area contributed by atoms with Gasteiger partial charge in [-0.1, -0.05) is 83.5 Å². The number of fused-ring (bicyclic) bond motifs is 3. The van der Waals surface area contributed by atoms with E-state index in [1.807, 2.05) is 0 Å². The van der Waals surface area contributed by atoms with Crippen LogP contribution in [0.3, 0.4) is 0 Å². The number of hydrogen-bond acceptors (Lipinski definition) is 2. The summed E-state index contributed by atoms with van der Waals surface area (Å²) in [4.78, 5) is 0. The molecule has 1 saturated heterocycles. The van der Waals surface area contributed by atoms with Crippen LogP contribution in [-0.2, 0) is 0 Å². The molecule has 23 heavy (non-hydrogen) atoms. The zero-order valence-electron chi connectivity index (χ0n) is 15.4. The zero-order valence-corrected chi connectivity index (χ0v) is 15.4. The number of rotatable bonds is 0. The highest BCUT2D eigenvalue weighted by molar-refractivity contribution is 4.97. The Bertz CT molecular complexity index is 330. The predicted octanol–water partition coefficient (Wildman–Crippen LogP) is 5.80. The molecule has 2 saturated carbocycles. The molecule has 0 spiro atoms. The molecule has 0 amide bonds. The van der Waals surface area contributed by atoms with Gasteiger partial charge in [0.25, 0.3) is 0 Å². The minimum absolute atomic E-state index is 0.698. The molecular formula is C21H40N2. The minimum atomic E-state index is 0.698. The van der Waals surface area contributed by atoms with Crippen molar-refractivity contribution in [2.45, 2.75) is 121 Å². The molecule has 0 aromatic rings. The van der Waals surface area contributed by atoms with E-state index in [2.05, 4.69) is 5.01 Å². The maximum Gasteiger partial charge on any atom is 0.0275 e. The average molecular weight is 321 g/mol. The van der Waals surface area contributed by atoms with Crippen molar-refractivity contribution in [2.24, 2.45) is 17.7 Å². The third-order valence-electron chi connectivity index (χ3n) is 7.13. The zero-order chi connectivity index (χ0) is 15.9. The summed E-state index contributed by atoms with van der Waals surface area (Å²) in [5, 5.41) is 2.38. The highest BCUT2D eigenvalue weighted by atomic mass is 15.5. The number of nitrogens with zero attached hydrogens (tertiary/aromatic N) is 1. The van der Waals surface area contributed by atoms with E-state index in [0.717, 1.165) is 11.8 Å². The van der Waals surface area contributed by atoms with E-state index < -0.39 is 0 Å². The maximum absolute atomic E-state index is 6.74. The summed E-state index contributed by atoms with van der Waals surface area (Å²) in [5.41, 5.74) is 0. The van der Waals surface area contributed by atoms with Crippen molar-refractivity contribution in [1.82, 2.24) is 5.01 Å². The second-order valence-electron chi connectivity index (χ2n) is 8.66. The first-order valence-electron chi connectivity index (χ1n) is 10.9. The second-order valence-corrected chi connectivity index (χ2v) is 8.66. The van der Waals surface area contributed by atoms with Gasteiger partial charge >= 0.3 is 0 Å². The molecule has 1 aliphatic heterocycles. The lowest BCUT2D eigenvalue weighted by molar-refractivity contribution is 0.154. The van der Waals surface area contributed by atoms with Crippen LogP contribution >= 0.6 is 0 Å². The Morgan fingerprint density at radius 2 is 0.739 bits per heavy atom. The summed E-state index contributed by atoms with van der Waals surface area (Å²) in [6.45, 7) is 0. The third-order valence-corrected chi connectivity index (χ3v) is 7.13. The standard InChI is InChI=1S/C21H40N2/c22-23-20-16-12-8-3-1-2-6-10-14-18(20)19-15-11-7-4-5-9-13-17-21(19)23/h18-21H,1-17,22H2. The lowest BCUT2D eigenvalue weighted by atomic mass is 9.77. The first-order chi connectivity index (χ1) is 11.4. The predicted molar refractivity (Wildman–Crippen MR) is 99.1 cm³/mol. The first-order valence-corrected chi connectivity index (χ1v) is 10.9. The van der Waals surface area contributed by atoms with Crippen LogP contribution in [0.5, 0.6) is 0 Å². The van der Waals surface area contributed by atoms with Crippen LogP contribution in [0.2, 0.25) is 0 Å². The van der Waals surface area contributed by atoms with Crippen LogP contribution < -0.4 is 5.84 Å². The summed E-state index contributed by atoms with van der Waals surface area (Å²) in [6.07, 6.45) is 24.5. The molecule has 134 valence electrons. The van der Waals surface area contributed by atoms with E-state index in [0.29, 0.717) is 12.1 Å². The molecule has 3 aliphatic rings. The van der Waals surface area contributed by atoms with E-state index in [-0.39, 0.29) is 0 Å². The molecule has 1 heterocycles. The largest absolute Gasteiger partial charge is 0.268 e. The Kier molecular flexibility index (Phi) is 7.26. The fourth-order valence-corrected chi connectivity index (χ4v) is 5.86. The lowest BCUT2D eigenvalue weighted by Gasteiger charge is -2.28. The van der Waals surface area contributed by atoms with E-state index >= 15 is 0 Å². The van der Waals surface area contributed by atoms with Crippen LogP contribution in [0.1, 0.15) is 109 Å². The molecule has 0 aromatic carbocycles. The highest BCUT2D eigenvalue weighted by Gasteiger charge is 2.45. The van der Waals surface area contributed by atoms with Gasteiger partial charge in [0.15, 0.2) is 0 Å². The first kappa shape index (κ1) is 17.7. The lowest BCUT2D eigenvalue weighted by Crippen LogP contribution is -2.43. The van der Waals surface area contributed by atoms with Gasteiger partial charge < -0.3 is 0 Å². The van der Waals surface area contributed by atoms with E-state index in [1.54, 1.807) is 0 Å². The molecule has 4 unspecified atom stereocenters. The van der Waals surface area contributed by atoms with Crippen molar-refractivity contribution in [2.75, 3.05) is 0 Å². The van der Waals surface area contributed by atoms with Crippen molar-refractivity contribution < 1.29 is 0 Å². The van der Waals surface area contributed by atoms with Gasteiger partial charge in [-0.3, -0.25) is 5.84 Å². The van der Waals surface area contributed by atoms with Gasteiger partial charge in [-0.05, 0) is 37.5 Å². The van der Waals surface area contributed by atoms with Crippen molar-refractivity contribution in [3.63, 3.8) is 0 Å². The van der Waals surface area contributed by atoms with Gasteiger partial charge in [-0.2, -0.15) is 0 Å². The summed E-state index contributed by atoms with van der Waals surface area (Å²) in [5.74, 6) is 8.55. The van der Waals surface area contributed by atoms with Gasteiger partial charge in [0, 0.05) is 12.1 Å². The number of hydrazine groups is 1. The molecule has 0 radical (unpaired) electrons. The van der Waals surface area contributed by atoms with Crippen LogP contribution in [0.4, 0.5) is 0 Å². The molecule has 3 fully saturated rings. The van der Waals surface area contributed by atoms with Gasteiger partial charge in [0.1, 0.15) is 0 Å². The Morgan fingerprint density at radius 1 is 0.435 bits per heavy atom. The fourth-order valence-electron chi connectivity index (χ4n) is 5.86. The van der Waals surface area contributed by atoms with E-state index in [1.165, 1.54) is 109 Å². The Balaban J connectivity index is 1.70. The average Bonchev–Trinajstić information content (AvgIpc) is 2.78. The van der Waals surface area contributed by atoms with Crippen LogP contribution in [0.15, 0.2) is 0 Å². The molecule has 0 aromatic heterocycles. The van der Waals surface area contributed by atoms with Crippen molar-refractivity contribution >= 4 is 0 Å². The van der Waals surface area contributed by atoms with Gasteiger partial charge in [0.2, 0.25) is 0 Å². The van der Waals surface area contributed by atoms with Crippen LogP contribution in [0.25, 0.3) is 0 Å². The second kappa shape index (κ2) is 9.42. The third kappa shape index (κ3) is 4.72. The maximum atomic E-state index is 6.74. The molecule has 4 atom stereocenters. The molecule has 2 heteroatoms. The Morgan fingerprint density at radius 3 is 1.13 bits per heavy atom. The molecule has 3 rings (SSSR count). The topological polar surface area (TPSA) is 29.3 Å². The summed E-state index contributed by atoms with van der Waals surface area (Å²) in [6, 6.07) is 1.40. The number of hydrogen-bond donors (Lipinski definition) is 1. The van der Waals surface area contributed by atoms with Gasteiger partial charge in [0.05, 0.1) is 0 Å². The molecule has 2 aliphatic carbocycles. The summed E-state index contributed by atoms with van der Waals surface area (Å²) >= 11 is 0. The SMILES string of the molecule is NN1C2CCCCCCCCCC2C2CCCCCCCCC21. The highest BCUT2D eigenvalue weighted by Crippen LogP contribution is 2.44. The molecule has 2 nitrogen and oxygen atoms in total. The van der Waals surface area contributed by atoms with E-state index in [9.17, 15) is 0 Å². The molecule has 0 bridgehead atoms.